The molecule has 0 aliphatic rings. The fourth-order valence-corrected chi connectivity index (χ4v) is 1.21. The Morgan fingerprint density at radius 1 is 1.44 bits per heavy atom. The van der Waals surface area contributed by atoms with Crippen molar-refractivity contribution in [2.45, 2.75) is 32.4 Å². The van der Waals surface area contributed by atoms with E-state index in [2.05, 4.69) is 11.2 Å². The largest absolute Gasteiger partial charge is 0.298 e. The minimum absolute atomic E-state index is 0.0396. The van der Waals surface area contributed by atoms with Gasteiger partial charge in [0.1, 0.15) is 0 Å². The molecule has 0 atom stereocenters. The van der Waals surface area contributed by atoms with Gasteiger partial charge < -0.3 is 0 Å². The third-order valence-corrected chi connectivity index (χ3v) is 2.30. The molecule has 0 fully saturated rings. The van der Waals surface area contributed by atoms with Gasteiger partial charge in [0.25, 0.3) is 6.43 Å². The maximum atomic E-state index is 12.4. The molecule has 0 unspecified atom stereocenters. The minimum atomic E-state index is -2.43. The second-order valence-electron chi connectivity index (χ2n) is 4.17. The van der Waals surface area contributed by atoms with Crippen LogP contribution in [0.1, 0.15) is 31.4 Å². The van der Waals surface area contributed by atoms with E-state index in [4.69, 9.17) is 6.42 Å². The average molecular weight is 223 g/mol. The molecule has 86 valence electrons. The van der Waals surface area contributed by atoms with Crippen LogP contribution in [0.5, 0.6) is 0 Å². The van der Waals surface area contributed by atoms with Gasteiger partial charge in [0, 0.05) is 12.1 Å². The Balaban J connectivity index is 2.69. The summed E-state index contributed by atoms with van der Waals surface area (Å²) < 4.78 is 24.9. The Morgan fingerprint density at radius 3 is 2.69 bits per heavy atom. The van der Waals surface area contributed by atoms with E-state index in [1.807, 2.05) is 13.8 Å². The molecule has 0 heterocycles. The first-order valence-electron chi connectivity index (χ1n) is 5.04. The normalized spacial score (nSPS) is 11.5. The van der Waals surface area contributed by atoms with Gasteiger partial charge in [-0.3, -0.25) is 5.32 Å². The molecule has 16 heavy (non-hydrogen) atoms. The Morgan fingerprint density at radius 2 is 2.12 bits per heavy atom. The number of alkyl halides is 2. The van der Waals surface area contributed by atoms with Gasteiger partial charge in [0.2, 0.25) is 0 Å². The van der Waals surface area contributed by atoms with Crippen LogP contribution < -0.4 is 5.32 Å². The van der Waals surface area contributed by atoms with Crippen LogP contribution in [0.2, 0.25) is 0 Å². The molecule has 0 bridgehead atoms. The molecular formula is C13H15F2N. The Bertz CT molecular complexity index is 391. The Hall–Kier alpha value is -1.40. The van der Waals surface area contributed by atoms with Crippen LogP contribution in [0.4, 0.5) is 8.78 Å². The molecular weight excluding hydrogens is 208 g/mol. The van der Waals surface area contributed by atoms with Gasteiger partial charge in [-0.1, -0.05) is 24.1 Å². The zero-order chi connectivity index (χ0) is 12.2. The van der Waals surface area contributed by atoms with Crippen LogP contribution in [0.3, 0.4) is 0 Å². The standard InChI is InChI=1S/C13H15F2N/c1-4-13(2,3)16-9-10-6-5-7-11(8-10)12(14)15/h1,5-8,12,16H,9H2,2-3H3. The lowest BCUT2D eigenvalue weighted by Crippen LogP contribution is -2.36. The van der Waals surface area contributed by atoms with Crippen molar-refractivity contribution in [3.8, 4) is 12.3 Å². The predicted octanol–water partition coefficient (Wildman–Crippen LogP) is 3.13. The van der Waals surface area contributed by atoms with Crippen LogP contribution in [0.25, 0.3) is 0 Å². The van der Waals surface area contributed by atoms with Crippen molar-refractivity contribution in [2.75, 3.05) is 0 Å². The van der Waals surface area contributed by atoms with Crippen LogP contribution >= 0.6 is 0 Å². The highest BCUT2D eigenvalue weighted by molar-refractivity contribution is 5.24. The lowest BCUT2D eigenvalue weighted by molar-refractivity contribution is 0.151. The van der Waals surface area contributed by atoms with E-state index in [1.54, 1.807) is 12.1 Å². The number of rotatable bonds is 4. The molecule has 1 N–H and O–H groups in total. The lowest BCUT2D eigenvalue weighted by atomic mass is 10.1. The van der Waals surface area contributed by atoms with E-state index in [0.29, 0.717) is 6.54 Å². The van der Waals surface area contributed by atoms with Crippen molar-refractivity contribution in [3.63, 3.8) is 0 Å². The summed E-state index contributed by atoms with van der Waals surface area (Å²) in [7, 11) is 0. The van der Waals surface area contributed by atoms with Crippen LogP contribution in [0, 0.1) is 12.3 Å². The van der Waals surface area contributed by atoms with Crippen molar-refractivity contribution in [2.24, 2.45) is 0 Å². The molecule has 1 nitrogen and oxygen atoms in total. The molecule has 0 radical (unpaired) electrons. The molecule has 1 rings (SSSR count). The van der Waals surface area contributed by atoms with Crippen molar-refractivity contribution < 1.29 is 8.78 Å². The van der Waals surface area contributed by atoms with Gasteiger partial charge >= 0.3 is 0 Å². The van der Waals surface area contributed by atoms with Gasteiger partial charge in [0.15, 0.2) is 0 Å². The van der Waals surface area contributed by atoms with Gasteiger partial charge in [-0.15, -0.1) is 6.42 Å². The fourth-order valence-electron chi connectivity index (χ4n) is 1.21. The first kappa shape index (κ1) is 12.7. The molecule has 3 heteroatoms. The molecule has 0 saturated carbocycles. The number of hydrogen-bond acceptors (Lipinski definition) is 1. The molecule has 0 saturated heterocycles. The highest BCUT2D eigenvalue weighted by Gasteiger charge is 2.13. The smallest absolute Gasteiger partial charge is 0.263 e. The lowest BCUT2D eigenvalue weighted by Gasteiger charge is -2.19. The summed E-state index contributed by atoms with van der Waals surface area (Å²) in [6, 6.07) is 6.33. The summed E-state index contributed by atoms with van der Waals surface area (Å²) >= 11 is 0. The summed E-state index contributed by atoms with van der Waals surface area (Å²) in [5.41, 5.74) is 0.417. The first-order valence-corrected chi connectivity index (χ1v) is 5.04. The van der Waals surface area contributed by atoms with E-state index in [0.717, 1.165) is 5.56 Å². The summed E-state index contributed by atoms with van der Waals surface area (Å²) in [6.45, 7) is 4.21. The number of halogens is 2. The number of terminal acetylenes is 1. The van der Waals surface area contributed by atoms with Crippen molar-refractivity contribution >= 4 is 0 Å². The summed E-state index contributed by atoms with van der Waals surface area (Å²) in [4.78, 5) is 0. The third kappa shape index (κ3) is 3.63. The summed E-state index contributed by atoms with van der Waals surface area (Å²) in [6.07, 6.45) is 2.89. The van der Waals surface area contributed by atoms with Gasteiger partial charge in [-0.25, -0.2) is 8.78 Å². The summed E-state index contributed by atoms with van der Waals surface area (Å²) in [5.74, 6) is 2.59. The van der Waals surface area contributed by atoms with E-state index in [1.165, 1.54) is 12.1 Å². The van der Waals surface area contributed by atoms with Crippen molar-refractivity contribution in [1.82, 2.24) is 5.32 Å². The monoisotopic (exact) mass is 223 g/mol. The number of hydrogen-bond donors (Lipinski definition) is 1. The molecule has 0 aliphatic heterocycles. The van der Waals surface area contributed by atoms with Gasteiger partial charge in [-0.05, 0) is 25.5 Å². The average Bonchev–Trinajstić information content (AvgIpc) is 2.27. The number of nitrogens with one attached hydrogen (secondary N) is 1. The predicted molar refractivity (Wildman–Crippen MR) is 61.2 cm³/mol. The van der Waals surface area contributed by atoms with Gasteiger partial charge in [0.05, 0.1) is 5.54 Å². The Kier molecular flexibility index (Phi) is 4.03. The van der Waals surface area contributed by atoms with Crippen molar-refractivity contribution in [3.05, 3.63) is 35.4 Å². The molecule has 1 aromatic carbocycles. The second-order valence-corrected chi connectivity index (χ2v) is 4.17. The van der Waals surface area contributed by atoms with Gasteiger partial charge in [-0.2, -0.15) is 0 Å². The molecule has 0 aliphatic carbocycles. The highest BCUT2D eigenvalue weighted by atomic mass is 19.3. The van der Waals surface area contributed by atoms with Crippen molar-refractivity contribution in [1.29, 1.82) is 0 Å². The highest BCUT2D eigenvalue weighted by Crippen LogP contribution is 2.19. The zero-order valence-corrected chi connectivity index (χ0v) is 9.43. The zero-order valence-electron chi connectivity index (χ0n) is 9.43. The minimum Gasteiger partial charge on any atom is -0.298 e. The topological polar surface area (TPSA) is 12.0 Å². The fraction of sp³-hybridized carbons (Fsp3) is 0.385. The van der Waals surface area contributed by atoms with Crippen LogP contribution in [0.15, 0.2) is 24.3 Å². The van der Waals surface area contributed by atoms with E-state index >= 15 is 0 Å². The third-order valence-electron chi connectivity index (χ3n) is 2.30. The van der Waals surface area contributed by atoms with E-state index < -0.39 is 12.0 Å². The van der Waals surface area contributed by atoms with E-state index in [-0.39, 0.29) is 5.56 Å². The molecule has 0 aromatic heterocycles. The summed E-state index contributed by atoms with van der Waals surface area (Å²) in [5, 5.41) is 3.11. The van der Waals surface area contributed by atoms with Crippen LogP contribution in [-0.2, 0) is 6.54 Å². The van der Waals surface area contributed by atoms with E-state index in [9.17, 15) is 8.78 Å². The molecule has 1 aromatic rings. The maximum Gasteiger partial charge on any atom is 0.263 e. The first-order chi connectivity index (χ1) is 7.44. The SMILES string of the molecule is C#CC(C)(C)NCc1cccc(C(F)F)c1. The second kappa shape index (κ2) is 5.09. The molecule has 0 spiro atoms. The molecule has 0 amide bonds. The van der Waals surface area contributed by atoms with Crippen LogP contribution in [-0.4, -0.2) is 5.54 Å². The number of benzene rings is 1. The maximum absolute atomic E-state index is 12.4. The quantitative estimate of drug-likeness (QED) is 0.773. The Labute approximate surface area is 94.9 Å².